The Morgan fingerprint density at radius 3 is 2.60 bits per heavy atom. The Morgan fingerprint density at radius 1 is 1.47 bits per heavy atom. The molecule has 1 aromatic rings. The van der Waals surface area contributed by atoms with E-state index >= 15 is 0 Å². The van der Waals surface area contributed by atoms with Crippen molar-refractivity contribution >= 4 is 12.4 Å². The molecular formula is C10H19ClFN3. The quantitative estimate of drug-likeness (QED) is 0.793. The van der Waals surface area contributed by atoms with E-state index in [4.69, 9.17) is 0 Å². The van der Waals surface area contributed by atoms with E-state index in [2.05, 4.69) is 17.3 Å². The minimum absolute atomic E-state index is 0. The second-order valence-electron chi connectivity index (χ2n) is 3.51. The van der Waals surface area contributed by atoms with E-state index in [1.165, 1.54) is 4.68 Å². The van der Waals surface area contributed by atoms with Gasteiger partial charge in [-0.05, 0) is 19.9 Å². The molecule has 0 aliphatic rings. The number of hydrogen-bond acceptors (Lipinski definition) is 2. The fourth-order valence-corrected chi connectivity index (χ4v) is 1.39. The SMILES string of the molecule is CCCCNCc1c(C)nn(C)c1F.Cl. The zero-order chi connectivity index (χ0) is 10.6. The van der Waals surface area contributed by atoms with Crippen LogP contribution in [0, 0.1) is 12.9 Å². The maximum Gasteiger partial charge on any atom is 0.215 e. The van der Waals surface area contributed by atoms with E-state index in [9.17, 15) is 4.39 Å². The van der Waals surface area contributed by atoms with Gasteiger partial charge in [0.15, 0.2) is 0 Å². The van der Waals surface area contributed by atoms with Crippen molar-refractivity contribution in [2.24, 2.45) is 7.05 Å². The van der Waals surface area contributed by atoms with Gasteiger partial charge in [0, 0.05) is 19.2 Å². The summed E-state index contributed by atoms with van der Waals surface area (Å²) in [6.45, 7) is 5.48. The molecule has 3 nitrogen and oxygen atoms in total. The first-order valence-corrected chi connectivity index (χ1v) is 5.05. The lowest BCUT2D eigenvalue weighted by Gasteiger charge is -2.02. The zero-order valence-electron chi connectivity index (χ0n) is 9.51. The highest BCUT2D eigenvalue weighted by molar-refractivity contribution is 5.85. The average molecular weight is 236 g/mol. The summed E-state index contributed by atoms with van der Waals surface area (Å²) in [7, 11) is 1.62. The molecule has 0 saturated carbocycles. The van der Waals surface area contributed by atoms with Crippen LogP contribution in [0.2, 0.25) is 0 Å². The molecule has 0 aromatic carbocycles. The monoisotopic (exact) mass is 235 g/mol. The van der Waals surface area contributed by atoms with Crippen LogP contribution < -0.4 is 5.32 Å². The van der Waals surface area contributed by atoms with E-state index < -0.39 is 0 Å². The van der Waals surface area contributed by atoms with Crippen molar-refractivity contribution in [2.75, 3.05) is 6.54 Å². The molecule has 0 aliphatic carbocycles. The van der Waals surface area contributed by atoms with Gasteiger partial charge < -0.3 is 5.32 Å². The third-order valence-corrected chi connectivity index (χ3v) is 2.28. The zero-order valence-corrected chi connectivity index (χ0v) is 10.3. The van der Waals surface area contributed by atoms with Gasteiger partial charge in [0.1, 0.15) is 0 Å². The van der Waals surface area contributed by atoms with Crippen LogP contribution in [0.3, 0.4) is 0 Å². The molecule has 1 rings (SSSR count). The highest BCUT2D eigenvalue weighted by Crippen LogP contribution is 2.10. The summed E-state index contributed by atoms with van der Waals surface area (Å²) in [6, 6.07) is 0. The van der Waals surface area contributed by atoms with Gasteiger partial charge in [-0.1, -0.05) is 13.3 Å². The predicted octanol–water partition coefficient (Wildman–Crippen LogP) is 2.18. The smallest absolute Gasteiger partial charge is 0.215 e. The van der Waals surface area contributed by atoms with Gasteiger partial charge in [0.05, 0.1) is 5.69 Å². The summed E-state index contributed by atoms with van der Waals surface area (Å²) in [6.07, 6.45) is 2.28. The minimum Gasteiger partial charge on any atom is -0.312 e. The Hall–Kier alpha value is -0.610. The number of hydrogen-bond donors (Lipinski definition) is 1. The van der Waals surface area contributed by atoms with E-state index in [-0.39, 0.29) is 18.4 Å². The maximum atomic E-state index is 13.4. The molecule has 0 radical (unpaired) electrons. The number of nitrogens with zero attached hydrogens (tertiary/aromatic N) is 2. The molecule has 0 bridgehead atoms. The van der Waals surface area contributed by atoms with Crippen LogP contribution in [-0.4, -0.2) is 16.3 Å². The summed E-state index contributed by atoms with van der Waals surface area (Å²) in [4.78, 5) is 0. The maximum absolute atomic E-state index is 13.4. The molecule has 0 fully saturated rings. The second-order valence-corrected chi connectivity index (χ2v) is 3.51. The molecule has 1 aromatic heterocycles. The van der Waals surface area contributed by atoms with E-state index in [1.54, 1.807) is 7.05 Å². The van der Waals surface area contributed by atoms with E-state index in [1.807, 2.05) is 6.92 Å². The van der Waals surface area contributed by atoms with Crippen LogP contribution in [0.1, 0.15) is 31.0 Å². The summed E-state index contributed by atoms with van der Waals surface area (Å²) in [5, 5.41) is 7.22. The molecule has 88 valence electrons. The number of rotatable bonds is 5. The van der Waals surface area contributed by atoms with Crippen LogP contribution in [0.25, 0.3) is 0 Å². The Kier molecular flexibility index (Phi) is 6.52. The van der Waals surface area contributed by atoms with Gasteiger partial charge in [-0.25, -0.2) is 4.68 Å². The lowest BCUT2D eigenvalue weighted by atomic mass is 10.2. The van der Waals surface area contributed by atoms with Crippen molar-refractivity contribution in [1.29, 1.82) is 0 Å². The minimum atomic E-state index is -0.230. The number of nitrogens with one attached hydrogen (secondary N) is 1. The average Bonchev–Trinajstić information content (AvgIpc) is 2.38. The van der Waals surface area contributed by atoms with Crippen molar-refractivity contribution < 1.29 is 4.39 Å². The highest BCUT2D eigenvalue weighted by Gasteiger charge is 2.11. The van der Waals surface area contributed by atoms with E-state index in [0.717, 1.165) is 25.1 Å². The number of halogens is 2. The first-order valence-electron chi connectivity index (χ1n) is 5.05. The van der Waals surface area contributed by atoms with E-state index in [0.29, 0.717) is 12.1 Å². The van der Waals surface area contributed by atoms with Crippen LogP contribution >= 0.6 is 12.4 Å². The fourth-order valence-electron chi connectivity index (χ4n) is 1.39. The van der Waals surface area contributed by atoms with Crippen LogP contribution in [-0.2, 0) is 13.6 Å². The first kappa shape index (κ1) is 14.4. The van der Waals surface area contributed by atoms with Crippen molar-refractivity contribution in [2.45, 2.75) is 33.2 Å². The van der Waals surface area contributed by atoms with Gasteiger partial charge in [0.25, 0.3) is 0 Å². The Balaban J connectivity index is 0.00000196. The topological polar surface area (TPSA) is 29.9 Å². The standard InChI is InChI=1S/C10H18FN3.ClH/c1-4-5-6-12-7-9-8(2)13-14(3)10(9)11;/h12H,4-7H2,1-3H3;1H. The van der Waals surface area contributed by atoms with Crippen LogP contribution in [0.5, 0.6) is 0 Å². The molecular weight excluding hydrogens is 217 g/mol. The lowest BCUT2D eigenvalue weighted by Crippen LogP contribution is -2.15. The second kappa shape index (κ2) is 6.80. The van der Waals surface area contributed by atoms with Crippen LogP contribution in [0.15, 0.2) is 0 Å². The summed E-state index contributed by atoms with van der Waals surface area (Å²) in [5.41, 5.74) is 1.46. The third-order valence-electron chi connectivity index (χ3n) is 2.28. The van der Waals surface area contributed by atoms with Crippen molar-refractivity contribution in [3.05, 3.63) is 17.2 Å². The number of unbranched alkanes of at least 4 members (excludes halogenated alkanes) is 1. The van der Waals surface area contributed by atoms with Crippen molar-refractivity contribution in [3.63, 3.8) is 0 Å². The summed E-state index contributed by atoms with van der Waals surface area (Å²) in [5.74, 6) is -0.230. The Bertz CT molecular complexity index is 299. The molecule has 0 spiro atoms. The fraction of sp³-hybridized carbons (Fsp3) is 0.700. The summed E-state index contributed by atoms with van der Waals surface area (Å²) >= 11 is 0. The molecule has 0 atom stereocenters. The molecule has 0 aliphatic heterocycles. The Morgan fingerprint density at radius 2 is 2.13 bits per heavy atom. The van der Waals surface area contributed by atoms with Gasteiger partial charge >= 0.3 is 0 Å². The normalized spacial score (nSPS) is 10.1. The van der Waals surface area contributed by atoms with Gasteiger partial charge in [-0.3, -0.25) is 0 Å². The molecule has 0 amide bonds. The molecule has 15 heavy (non-hydrogen) atoms. The third kappa shape index (κ3) is 3.80. The Labute approximate surface area is 96.5 Å². The summed E-state index contributed by atoms with van der Waals surface area (Å²) < 4.78 is 14.7. The molecule has 5 heteroatoms. The van der Waals surface area contributed by atoms with Crippen LogP contribution in [0.4, 0.5) is 4.39 Å². The van der Waals surface area contributed by atoms with Gasteiger partial charge in [-0.2, -0.15) is 9.49 Å². The van der Waals surface area contributed by atoms with Crippen molar-refractivity contribution in [3.8, 4) is 0 Å². The number of aryl methyl sites for hydroxylation is 2. The lowest BCUT2D eigenvalue weighted by molar-refractivity contribution is 0.489. The molecule has 0 unspecified atom stereocenters. The molecule has 0 saturated heterocycles. The molecule has 1 N–H and O–H groups in total. The van der Waals surface area contributed by atoms with Gasteiger partial charge in [0.2, 0.25) is 5.95 Å². The van der Waals surface area contributed by atoms with Gasteiger partial charge in [-0.15, -0.1) is 12.4 Å². The number of aromatic nitrogens is 2. The molecule has 1 heterocycles. The highest BCUT2D eigenvalue weighted by atomic mass is 35.5. The van der Waals surface area contributed by atoms with Crippen molar-refractivity contribution in [1.82, 2.24) is 15.1 Å². The predicted molar refractivity (Wildman–Crippen MR) is 61.8 cm³/mol. The first-order chi connectivity index (χ1) is 6.66. The largest absolute Gasteiger partial charge is 0.312 e.